The number of alkyl halides is 3. The maximum Gasteiger partial charge on any atom is 0.401 e. The predicted molar refractivity (Wildman–Crippen MR) is 97.9 cm³/mol. The number of likely N-dealkylation sites (tertiary alicyclic amines) is 1. The van der Waals surface area contributed by atoms with Crippen LogP contribution in [0.3, 0.4) is 0 Å². The Morgan fingerprint density at radius 3 is 2.48 bits per heavy atom. The van der Waals surface area contributed by atoms with E-state index in [0.29, 0.717) is 31.5 Å². The summed E-state index contributed by atoms with van der Waals surface area (Å²) in [7, 11) is 0. The molecule has 7 heteroatoms. The lowest BCUT2D eigenvalue weighted by Gasteiger charge is -2.35. The molecule has 2 heterocycles. The lowest BCUT2D eigenvalue weighted by atomic mass is 9.90. The molecule has 0 radical (unpaired) electrons. The first kappa shape index (κ1) is 19.5. The van der Waals surface area contributed by atoms with Crippen molar-refractivity contribution in [3.05, 3.63) is 54.4 Å². The molecular formula is C20H24F3N3O. The van der Waals surface area contributed by atoms with Gasteiger partial charge < -0.3 is 9.88 Å². The minimum absolute atomic E-state index is 0.0826. The monoisotopic (exact) mass is 379 g/mol. The highest BCUT2D eigenvalue weighted by Crippen LogP contribution is 2.24. The molecule has 1 aromatic heterocycles. The minimum Gasteiger partial charge on any atom is -0.349 e. The summed E-state index contributed by atoms with van der Waals surface area (Å²) >= 11 is 0. The van der Waals surface area contributed by atoms with E-state index in [9.17, 15) is 18.0 Å². The van der Waals surface area contributed by atoms with Crippen LogP contribution < -0.4 is 5.32 Å². The van der Waals surface area contributed by atoms with E-state index in [-0.39, 0.29) is 17.9 Å². The maximum absolute atomic E-state index is 12.6. The van der Waals surface area contributed by atoms with Gasteiger partial charge in [0, 0.05) is 29.7 Å². The van der Waals surface area contributed by atoms with Gasteiger partial charge in [-0.05, 0) is 69.1 Å². The fourth-order valence-electron chi connectivity index (χ4n) is 3.59. The second-order valence-electron chi connectivity index (χ2n) is 7.13. The topological polar surface area (TPSA) is 37.3 Å². The smallest absolute Gasteiger partial charge is 0.349 e. The van der Waals surface area contributed by atoms with Gasteiger partial charge in [0.25, 0.3) is 5.91 Å². The highest BCUT2D eigenvalue weighted by atomic mass is 19.4. The Morgan fingerprint density at radius 1 is 1.19 bits per heavy atom. The Kier molecular flexibility index (Phi) is 5.89. The van der Waals surface area contributed by atoms with Gasteiger partial charge >= 0.3 is 6.18 Å². The van der Waals surface area contributed by atoms with Gasteiger partial charge in [-0.3, -0.25) is 9.69 Å². The number of hydrogen-bond acceptors (Lipinski definition) is 2. The van der Waals surface area contributed by atoms with Gasteiger partial charge in [-0.1, -0.05) is 6.07 Å². The third-order valence-corrected chi connectivity index (χ3v) is 5.11. The summed E-state index contributed by atoms with van der Waals surface area (Å²) < 4.78 is 39.4. The number of carbonyl (C=O) groups is 1. The van der Waals surface area contributed by atoms with Crippen molar-refractivity contribution < 1.29 is 18.0 Å². The van der Waals surface area contributed by atoms with Gasteiger partial charge in [0.05, 0.1) is 6.54 Å². The van der Waals surface area contributed by atoms with Crippen LogP contribution in [0.2, 0.25) is 0 Å². The third-order valence-electron chi connectivity index (χ3n) is 5.11. The number of halogens is 3. The lowest BCUT2D eigenvalue weighted by molar-refractivity contribution is -0.148. The van der Waals surface area contributed by atoms with Gasteiger partial charge in [0.2, 0.25) is 0 Å². The van der Waals surface area contributed by atoms with Crippen molar-refractivity contribution in [2.45, 2.75) is 32.0 Å². The van der Waals surface area contributed by atoms with Gasteiger partial charge in [0.1, 0.15) is 0 Å². The molecule has 0 aliphatic carbocycles. The molecule has 3 rings (SSSR count). The zero-order valence-electron chi connectivity index (χ0n) is 15.2. The number of amides is 1. The number of aromatic nitrogens is 1. The molecule has 1 N–H and O–H groups in total. The van der Waals surface area contributed by atoms with E-state index in [1.807, 2.05) is 54.2 Å². The number of hydrogen-bond donors (Lipinski definition) is 1. The van der Waals surface area contributed by atoms with Crippen molar-refractivity contribution in [3.8, 4) is 5.69 Å². The lowest BCUT2D eigenvalue weighted by Crippen LogP contribution is -2.46. The molecule has 1 aliphatic rings. The van der Waals surface area contributed by atoms with Crippen LogP contribution in [0.15, 0.2) is 48.8 Å². The number of benzene rings is 1. The minimum atomic E-state index is -4.16. The van der Waals surface area contributed by atoms with Crippen molar-refractivity contribution >= 4 is 5.91 Å². The summed E-state index contributed by atoms with van der Waals surface area (Å²) in [5, 5.41) is 3.01. The van der Waals surface area contributed by atoms with Gasteiger partial charge in [-0.15, -0.1) is 0 Å². The quantitative estimate of drug-likeness (QED) is 0.856. The van der Waals surface area contributed by atoms with E-state index in [1.165, 1.54) is 4.90 Å². The van der Waals surface area contributed by atoms with Gasteiger partial charge in [-0.2, -0.15) is 13.2 Å². The summed E-state index contributed by atoms with van der Waals surface area (Å²) in [5.74, 6) is 0.0280. The van der Waals surface area contributed by atoms with Crippen LogP contribution in [0.5, 0.6) is 0 Å². The standard InChI is InChI=1S/C20H24F3N3O/c1-15(16-7-11-25(12-8-16)14-20(21,22)23)24-19(27)17-5-4-6-18(13-17)26-9-2-3-10-26/h2-6,9-10,13,15-16H,7-8,11-12,14H2,1H3,(H,24,27)/t15-/m1/s1. The summed E-state index contributed by atoms with van der Waals surface area (Å²) in [4.78, 5) is 14.0. The summed E-state index contributed by atoms with van der Waals surface area (Å²) in [6.45, 7) is 1.89. The molecule has 2 aromatic rings. The molecule has 27 heavy (non-hydrogen) atoms. The van der Waals surface area contributed by atoms with Crippen LogP contribution in [0, 0.1) is 5.92 Å². The van der Waals surface area contributed by atoms with Crippen LogP contribution in [0.25, 0.3) is 5.69 Å². The van der Waals surface area contributed by atoms with E-state index >= 15 is 0 Å². The van der Waals surface area contributed by atoms with Crippen molar-refractivity contribution in [2.24, 2.45) is 5.92 Å². The Balaban J connectivity index is 1.55. The number of rotatable bonds is 5. The molecule has 0 bridgehead atoms. The Morgan fingerprint density at radius 2 is 1.85 bits per heavy atom. The second-order valence-corrected chi connectivity index (χ2v) is 7.13. The Hall–Kier alpha value is -2.28. The molecule has 146 valence electrons. The summed E-state index contributed by atoms with van der Waals surface area (Å²) in [6.07, 6.45) is 0.974. The Bertz CT molecular complexity index is 750. The predicted octanol–water partition coefficient (Wildman–Crippen LogP) is 3.87. The normalized spacial score (nSPS) is 17.6. The van der Waals surface area contributed by atoms with Gasteiger partial charge in [-0.25, -0.2) is 0 Å². The summed E-state index contributed by atoms with van der Waals surface area (Å²) in [5.41, 5.74) is 1.48. The molecule has 1 amide bonds. The third kappa shape index (κ3) is 5.35. The molecule has 1 fully saturated rings. The van der Waals surface area contributed by atoms with Crippen LogP contribution in [0.1, 0.15) is 30.1 Å². The SMILES string of the molecule is C[C@@H](NC(=O)c1cccc(-n2cccc2)c1)C1CCN(CC(F)(F)F)CC1. The zero-order valence-corrected chi connectivity index (χ0v) is 15.2. The van der Waals surface area contributed by atoms with E-state index in [2.05, 4.69) is 5.32 Å². The molecule has 1 aliphatic heterocycles. The number of nitrogens with one attached hydrogen (secondary N) is 1. The molecule has 1 saturated heterocycles. The van der Waals surface area contributed by atoms with Crippen molar-refractivity contribution in [3.63, 3.8) is 0 Å². The number of nitrogens with zero attached hydrogens (tertiary/aromatic N) is 2. The fraction of sp³-hybridized carbons (Fsp3) is 0.450. The molecule has 4 nitrogen and oxygen atoms in total. The van der Waals surface area contributed by atoms with Crippen molar-refractivity contribution in [2.75, 3.05) is 19.6 Å². The molecule has 0 unspecified atom stereocenters. The highest BCUT2D eigenvalue weighted by molar-refractivity contribution is 5.94. The number of carbonyl (C=O) groups excluding carboxylic acids is 1. The van der Waals surface area contributed by atoms with Crippen molar-refractivity contribution in [1.82, 2.24) is 14.8 Å². The first-order valence-corrected chi connectivity index (χ1v) is 9.15. The van der Waals surface area contributed by atoms with E-state index in [1.54, 1.807) is 6.07 Å². The average molecular weight is 379 g/mol. The first-order valence-electron chi connectivity index (χ1n) is 9.15. The Labute approximate surface area is 157 Å². The van der Waals surface area contributed by atoms with Gasteiger partial charge in [0.15, 0.2) is 0 Å². The molecule has 1 atom stereocenters. The maximum atomic E-state index is 12.6. The largest absolute Gasteiger partial charge is 0.401 e. The van der Waals surface area contributed by atoms with Crippen LogP contribution >= 0.6 is 0 Å². The number of piperidine rings is 1. The van der Waals surface area contributed by atoms with E-state index < -0.39 is 12.7 Å². The molecule has 1 aromatic carbocycles. The second kappa shape index (κ2) is 8.17. The average Bonchev–Trinajstić information content (AvgIpc) is 3.15. The van der Waals surface area contributed by atoms with Crippen LogP contribution in [-0.4, -0.2) is 47.2 Å². The molecular weight excluding hydrogens is 355 g/mol. The van der Waals surface area contributed by atoms with Crippen molar-refractivity contribution in [1.29, 1.82) is 0 Å². The molecule has 0 saturated carbocycles. The van der Waals surface area contributed by atoms with E-state index in [0.717, 1.165) is 5.69 Å². The van der Waals surface area contributed by atoms with Crippen LogP contribution in [0.4, 0.5) is 13.2 Å². The van der Waals surface area contributed by atoms with Crippen LogP contribution in [-0.2, 0) is 0 Å². The molecule has 0 spiro atoms. The first-order chi connectivity index (χ1) is 12.8. The fourth-order valence-corrected chi connectivity index (χ4v) is 3.59. The zero-order chi connectivity index (χ0) is 19.4. The van der Waals surface area contributed by atoms with E-state index in [4.69, 9.17) is 0 Å². The summed E-state index contributed by atoms with van der Waals surface area (Å²) in [6, 6.07) is 11.1. The highest BCUT2D eigenvalue weighted by Gasteiger charge is 2.33.